The summed E-state index contributed by atoms with van der Waals surface area (Å²) >= 11 is 3.28. The summed E-state index contributed by atoms with van der Waals surface area (Å²) in [4.78, 5) is 0.126. The van der Waals surface area contributed by atoms with Crippen LogP contribution in [-0.2, 0) is 26.4 Å². The largest absolute Gasteiger partial charge is 0.468 e. The number of rotatable bonds is 5. The third kappa shape index (κ3) is 3.74. The van der Waals surface area contributed by atoms with Crippen LogP contribution in [0.5, 0.6) is 0 Å². The molecule has 0 spiro atoms. The van der Waals surface area contributed by atoms with Crippen molar-refractivity contribution in [3.63, 3.8) is 0 Å². The molecule has 3 rings (SSSR count). The number of furan rings is 1. The molecule has 0 aliphatic carbocycles. The fraction of sp³-hybridized carbons (Fsp3) is 0.333. The van der Waals surface area contributed by atoms with Gasteiger partial charge >= 0.3 is 0 Å². The molecule has 130 valence electrons. The van der Waals surface area contributed by atoms with Gasteiger partial charge in [0.05, 0.1) is 29.2 Å². The number of hydrogen-bond donors (Lipinski definition) is 0. The van der Waals surface area contributed by atoms with Gasteiger partial charge in [-0.05, 0) is 42.8 Å². The monoisotopic (exact) mass is 433 g/mol. The zero-order chi connectivity index (χ0) is 17.4. The van der Waals surface area contributed by atoms with E-state index in [1.54, 1.807) is 24.3 Å². The van der Waals surface area contributed by atoms with E-state index in [1.807, 2.05) is 0 Å². The quantitative estimate of drug-likeness (QED) is 0.722. The average molecular weight is 434 g/mol. The van der Waals surface area contributed by atoms with Crippen LogP contribution in [0, 0.1) is 0 Å². The van der Waals surface area contributed by atoms with Crippen molar-refractivity contribution in [2.24, 2.45) is 0 Å². The summed E-state index contributed by atoms with van der Waals surface area (Å²) in [5, 5.41) is 0. The maximum absolute atomic E-state index is 13.0. The number of nitrogens with zero attached hydrogens (tertiary/aromatic N) is 1. The van der Waals surface area contributed by atoms with Crippen molar-refractivity contribution < 1.29 is 21.3 Å². The summed E-state index contributed by atoms with van der Waals surface area (Å²) in [5.74, 6) is 0.311. The number of benzene rings is 1. The second-order valence-corrected chi connectivity index (χ2v) is 10.7. The highest BCUT2D eigenvalue weighted by Gasteiger charge is 2.39. The molecule has 0 radical (unpaired) electrons. The first-order valence-corrected chi connectivity index (χ1v) is 11.3. The maximum Gasteiger partial charge on any atom is 0.243 e. The Bertz CT molecular complexity index is 905. The molecule has 0 N–H and O–H groups in total. The number of sulfonamides is 1. The van der Waals surface area contributed by atoms with Crippen LogP contribution in [0.25, 0.3) is 0 Å². The van der Waals surface area contributed by atoms with Gasteiger partial charge in [-0.3, -0.25) is 0 Å². The van der Waals surface area contributed by atoms with Crippen LogP contribution in [0.4, 0.5) is 0 Å². The van der Waals surface area contributed by atoms with Gasteiger partial charge in [-0.1, -0.05) is 15.9 Å². The van der Waals surface area contributed by atoms with Gasteiger partial charge in [0.25, 0.3) is 0 Å². The first-order chi connectivity index (χ1) is 11.3. The summed E-state index contributed by atoms with van der Waals surface area (Å²) in [6.07, 6.45) is 1.75. The Kier molecular flexibility index (Phi) is 4.87. The van der Waals surface area contributed by atoms with Crippen LogP contribution in [0.15, 0.2) is 56.4 Å². The highest BCUT2D eigenvalue weighted by molar-refractivity contribution is 9.10. The van der Waals surface area contributed by atoms with Crippen LogP contribution < -0.4 is 0 Å². The highest BCUT2D eigenvalue weighted by atomic mass is 79.9. The van der Waals surface area contributed by atoms with Crippen molar-refractivity contribution in [3.8, 4) is 0 Å². The third-order valence-electron chi connectivity index (χ3n) is 3.93. The van der Waals surface area contributed by atoms with Gasteiger partial charge in [-0.15, -0.1) is 0 Å². The molecule has 0 bridgehead atoms. The number of sulfone groups is 1. The average Bonchev–Trinajstić information content (AvgIpc) is 3.14. The van der Waals surface area contributed by atoms with Crippen molar-refractivity contribution in [2.75, 3.05) is 11.5 Å². The summed E-state index contributed by atoms with van der Waals surface area (Å²) in [7, 11) is -7.05. The summed E-state index contributed by atoms with van der Waals surface area (Å²) < 4.78 is 57.0. The lowest BCUT2D eigenvalue weighted by atomic mass is 10.2. The van der Waals surface area contributed by atoms with E-state index in [1.165, 1.54) is 22.7 Å². The Balaban J connectivity index is 1.98. The van der Waals surface area contributed by atoms with E-state index in [9.17, 15) is 16.8 Å². The lowest BCUT2D eigenvalue weighted by Crippen LogP contribution is -2.40. The third-order valence-corrected chi connectivity index (χ3v) is 8.12. The molecule has 0 unspecified atom stereocenters. The molecule has 1 atom stereocenters. The Morgan fingerprint density at radius 2 is 1.92 bits per heavy atom. The summed E-state index contributed by atoms with van der Waals surface area (Å²) in [6.45, 7) is 0.00554. The highest BCUT2D eigenvalue weighted by Crippen LogP contribution is 2.27. The summed E-state index contributed by atoms with van der Waals surface area (Å²) in [6, 6.07) is 9.04. The Hall–Kier alpha value is -1.16. The minimum Gasteiger partial charge on any atom is -0.468 e. The molecule has 1 saturated heterocycles. The van der Waals surface area contributed by atoms with Gasteiger partial charge in [0.1, 0.15) is 5.76 Å². The summed E-state index contributed by atoms with van der Waals surface area (Å²) in [5.41, 5.74) is 0. The molecule has 1 aliphatic rings. The normalized spacial score (nSPS) is 20.5. The molecule has 24 heavy (non-hydrogen) atoms. The van der Waals surface area contributed by atoms with Gasteiger partial charge in [0.2, 0.25) is 10.0 Å². The standard InChI is InChI=1S/C15H16BrNO5S2/c16-12-3-5-15(6-4-12)24(20,21)17(10-14-2-1-8-22-14)13-7-9-23(18,19)11-13/h1-6,8,13H,7,9-11H2/t13-/m0/s1. The van der Waals surface area contributed by atoms with E-state index in [0.717, 1.165) is 4.47 Å². The van der Waals surface area contributed by atoms with Gasteiger partial charge in [0, 0.05) is 10.5 Å². The van der Waals surface area contributed by atoms with E-state index < -0.39 is 25.9 Å². The minimum absolute atomic E-state index is 0.00216. The van der Waals surface area contributed by atoms with E-state index in [0.29, 0.717) is 12.2 Å². The first kappa shape index (κ1) is 17.7. The molecule has 0 amide bonds. The van der Waals surface area contributed by atoms with Gasteiger partial charge in [-0.2, -0.15) is 4.31 Å². The van der Waals surface area contributed by atoms with Crippen LogP contribution >= 0.6 is 15.9 Å². The second-order valence-electron chi connectivity index (χ2n) is 5.64. The molecule has 0 saturated carbocycles. The predicted octanol–water partition coefficient (Wildman–Crippen LogP) is 2.42. The smallest absolute Gasteiger partial charge is 0.243 e. The number of halogens is 1. The van der Waals surface area contributed by atoms with Gasteiger partial charge in [0.15, 0.2) is 9.84 Å². The van der Waals surface area contributed by atoms with Gasteiger partial charge in [-0.25, -0.2) is 16.8 Å². The van der Waals surface area contributed by atoms with Crippen molar-refractivity contribution in [1.29, 1.82) is 0 Å². The van der Waals surface area contributed by atoms with Crippen molar-refractivity contribution in [2.45, 2.75) is 23.9 Å². The number of hydrogen-bond acceptors (Lipinski definition) is 5. The fourth-order valence-corrected chi connectivity index (χ4v) is 6.42. The van der Waals surface area contributed by atoms with E-state index in [-0.39, 0.29) is 22.9 Å². The van der Waals surface area contributed by atoms with Crippen LogP contribution in [0.2, 0.25) is 0 Å². The zero-order valence-electron chi connectivity index (χ0n) is 12.6. The van der Waals surface area contributed by atoms with Crippen molar-refractivity contribution in [3.05, 3.63) is 52.9 Å². The molecular weight excluding hydrogens is 418 g/mol. The van der Waals surface area contributed by atoms with Crippen LogP contribution in [0.3, 0.4) is 0 Å². The molecule has 2 aromatic rings. The molecule has 1 aromatic carbocycles. The zero-order valence-corrected chi connectivity index (χ0v) is 15.8. The molecule has 9 heteroatoms. The SMILES string of the molecule is O=S1(=O)CC[C@H](N(Cc2ccco2)S(=O)(=O)c2ccc(Br)cc2)C1. The lowest BCUT2D eigenvalue weighted by molar-refractivity contribution is 0.307. The predicted molar refractivity (Wildman–Crippen MR) is 92.6 cm³/mol. The fourth-order valence-electron chi connectivity index (χ4n) is 2.71. The van der Waals surface area contributed by atoms with Crippen LogP contribution in [0.1, 0.15) is 12.2 Å². The molecular formula is C15H16BrNO5S2. The van der Waals surface area contributed by atoms with E-state index in [4.69, 9.17) is 4.42 Å². The maximum atomic E-state index is 13.0. The van der Waals surface area contributed by atoms with Crippen molar-refractivity contribution >= 4 is 35.8 Å². The topological polar surface area (TPSA) is 84.7 Å². The molecule has 1 aromatic heterocycles. The lowest BCUT2D eigenvalue weighted by Gasteiger charge is -2.26. The molecule has 1 fully saturated rings. The first-order valence-electron chi connectivity index (χ1n) is 7.28. The van der Waals surface area contributed by atoms with Gasteiger partial charge < -0.3 is 4.42 Å². The van der Waals surface area contributed by atoms with E-state index in [2.05, 4.69) is 15.9 Å². The Labute approximate surface area is 149 Å². The Morgan fingerprint density at radius 1 is 1.21 bits per heavy atom. The van der Waals surface area contributed by atoms with E-state index >= 15 is 0 Å². The second kappa shape index (κ2) is 6.62. The molecule has 1 aliphatic heterocycles. The molecule has 6 nitrogen and oxygen atoms in total. The van der Waals surface area contributed by atoms with Crippen LogP contribution in [-0.4, -0.2) is 38.7 Å². The van der Waals surface area contributed by atoms with Crippen molar-refractivity contribution in [1.82, 2.24) is 4.31 Å². The molecule has 2 heterocycles. The minimum atomic E-state index is -3.84. The Morgan fingerprint density at radius 3 is 2.46 bits per heavy atom.